The van der Waals surface area contributed by atoms with E-state index in [1.165, 1.54) is 16.7 Å². The Labute approximate surface area is 108 Å². The summed E-state index contributed by atoms with van der Waals surface area (Å²) < 4.78 is 25.5. The highest BCUT2D eigenvalue weighted by Gasteiger charge is 2.20. The number of sulfonamides is 1. The Morgan fingerprint density at radius 2 is 1.83 bits per heavy atom. The van der Waals surface area contributed by atoms with Crippen LogP contribution in [-0.4, -0.2) is 42.8 Å². The topological polar surface area (TPSA) is 75.2 Å². The van der Waals surface area contributed by atoms with Gasteiger partial charge in [-0.15, -0.1) is 0 Å². The Bertz CT molecular complexity index is 458. The molecule has 0 fully saturated rings. The molecule has 0 amide bonds. The second-order valence-electron chi connectivity index (χ2n) is 4.00. The molecular formula is C11H20N4O2S. The molecule has 0 aliphatic rings. The molecule has 1 N–H and O–H groups in total. The van der Waals surface area contributed by atoms with E-state index in [4.69, 9.17) is 0 Å². The van der Waals surface area contributed by atoms with Crippen molar-refractivity contribution in [3.8, 4) is 0 Å². The maximum atomic E-state index is 12.1. The van der Waals surface area contributed by atoms with Crippen molar-refractivity contribution in [3.63, 3.8) is 0 Å². The summed E-state index contributed by atoms with van der Waals surface area (Å²) in [4.78, 5) is 8.12. The molecule has 1 aromatic rings. The van der Waals surface area contributed by atoms with Crippen LogP contribution in [0.4, 0.5) is 5.95 Å². The van der Waals surface area contributed by atoms with Crippen molar-refractivity contribution in [1.82, 2.24) is 14.3 Å². The van der Waals surface area contributed by atoms with Gasteiger partial charge >= 0.3 is 0 Å². The predicted molar refractivity (Wildman–Crippen MR) is 70.9 cm³/mol. The van der Waals surface area contributed by atoms with Gasteiger partial charge in [0.15, 0.2) is 0 Å². The Morgan fingerprint density at radius 3 is 2.33 bits per heavy atom. The normalized spacial score (nSPS) is 11.8. The molecule has 1 aromatic heterocycles. The SMILES string of the molecule is CCCNc1ncc(S(=O)(=O)N(C)CCC)cn1. The van der Waals surface area contributed by atoms with Crippen molar-refractivity contribution in [1.29, 1.82) is 0 Å². The van der Waals surface area contributed by atoms with Gasteiger partial charge < -0.3 is 5.32 Å². The Kier molecular flexibility index (Phi) is 5.49. The van der Waals surface area contributed by atoms with Crippen molar-refractivity contribution < 1.29 is 8.42 Å². The lowest BCUT2D eigenvalue weighted by Crippen LogP contribution is -2.27. The van der Waals surface area contributed by atoms with Crippen LogP contribution in [0, 0.1) is 0 Å². The second-order valence-corrected chi connectivity index (χ2v) is 6.04. The predicted octanol–water partition coefficient (Wildman–Crippen LogP) is 1.33. The van der Waals surface area contributed by atoms with Crippen molar-refractivity contribution in [3.05, 3.63) is 12.4 Å². The molecule has 0 radical (unpaired) electrons. The van der Waals surface area contributed by atoms with Gasteiger partial charge in [0, 0.05) is 20.1 Å². The first-order valence-electron chi connectivity index (χ1n) is 6.04. The highest BCUT2D eigenvalue weighted by atomic mass is 32.2. The van der Waals surface area contributed by atoms with Crippen LogP contribution in [0.25, 0.3) is 0 Å². The fourth-order valence-corrected chi connectivity index (χ4v) is 2.55. The smallest absolute Gasteiger partial charge is 0.245 e. The quantitative estimate of drug-likeness (QED) is 0.810. The number of hydrogen-bond acceptors (Lipinski definition) is 5. The van der Waals surface area contributed by atoms with E-state index in [-0.39, 0.29) is 4.90 Å². The maximum Gasteiger partial charge on any atom is 0.245 e. The monoisotopic (exact) mass is 272 g/mol. The molecule has 0 bridgehead atoms. The summed E-state index contributed by atoms with van der Waals surface area (Å²) in [5.41, 5.74) is 0. The molecule has 0 aromatic carbocycles. The van der Waals surface area contributed by atoms with E-state index < -0.39 is 10.0 Å². The zero-order valence-corrected chi connectivity index (χ0v) is 11.9. The summed E-state index contributed by atoms with van der Waals surface area (Å²) in [5.74, 6) is 0.453. The van der Waals surface area contributed by atoms with Crippen LogP contribution in [0.2, 0.25) is 0 Å². The van der Waals surface area contributed by atoms with Crippen LogP contribution in [0.1, 0.15) is 26.7 Å². The molecule has 6 nitrogen and oxygen atoms in total. The average Bonchev–Trinajstić information content (AvgIpc) is 2.37. The molecule has 7 heteroatoms. The van der Waals surface area contributed by atoms with Gasteiger partial charge in [-0.05, 0) is 12.8 Å². The first kappa shape index (κ1) is 14.8. The summed E-state index contributed by atoms with van der Waals surface area (Å²) in [6, 6.07) is 0. The van der Waals surface area contributed by atoms with Gasteiger partial charge in [-0.25, -0.2) is 22.7 Å². The highest BCUT2D eigenvalue weighted by Crippen LogP contribution is 2.13. The van der Waals surface area contributed by atoms with Gasteiger partial charge in [0.1, 0.15) is 4.90 Å². The lowest BCUT2D eigenvalue weighted by atomic mass is 10.5. The van der Waals surface area contributed by atoms with Gasteiger partial charge in [-0.1, -0.05) is 13.8 Å². The number of rotatable bonds is 7. The van der Waals surface area contributed by atoms with E-state index in [0.717, 1.165) is 19.4 Å². The molecule has 1 heterocycles. The largest absolute Gasteiger partial charge is 0.354 e. The Hall–Kier alpha value is -1.21. The van der Waals surface area contributed by atoms with Crippen LogP contribution >= 0.6 is 0 Å². The molecule has 0 spiro atoms. The van der Waals surface area contributed by atoms with Crippen LogP contribution in [0.5, 0.6) is 0 Å². The van der Waals surface area contributed by atoms with Crippen molar-refractivity contribution in [2.24, 2.45) is 0 Å². The van der Waals surface area contributed by atoms with E-state index >= 15 is 0 Å². The first-order chi connectivity index (χ1) is 8.52. The zero-order valence-electron chi connectivity index (χ0n) is 11.0. The van der Waals surface area contributed by atoms with Crippen molar-refractivity contribution in [2.45, 2.75) is 31.6 Å². The van der Waals surface area contributed by atoms with E-state index in [1.54, 1.807) is 7.05 Å². The lowest BCUT2D eigenvalue weighted by molar-refractivity contribution is 0.468. The molecule has 0 aliphatic heterocycles. The minimum absolute atomic E-state index is 0.125. The minimum Gasteiger partial charge on any atom is -0.354 e. The molecule has 18 heavy (non-hydrogen) atoms. The van der Waals surface area contributed by atoms with E-state index in [2.05, 4.69) is 15.3 Å². The number of nitrogens with one attached hydrogen (secondary N) is 1. The minimum atomic E-state index is -3.46. The van der Waals surface area contributed by atoms with Crippen molar-refractivity contribution in [2.75, 3.05) is 25.5 Å². The molecule has 0 atom stereocenters. The number of aromatic nitrogens is 2. The van der Waals surface area contributed by atoms with Gasteiger partial charge in [0.2, 0.25) is 16.0 Å². The van der Waals surface area contributed by atoms with Gasteiger partial charge in [0.05, 0.1) is 12.4 Å². The fourth-order valence-electron chi connectivity index (χ4n) is 1.39. The third-order valence-corrected chi connectivity index (χ3v) is 4.22. The Morgan fingerprint density at radius 1 is 1.22 bits per heavy atom. The Balaban J connectivity index is 2.84. The van der Waals surface area contributed by atoms with Crippen LogP contribution < -0.4 is 5.32 Å². The van der Waals surface area contributed by atoms with E-state index in [9.17, 15) is 8.42 Å². The third kappa shape index (κ3) is 3.64. The average molecular weight is 272 g/mol. The van der Waals surface area contributed by atoms with Crippen LogP contribution in [0.3, 0.4) is 0 Å². The van der Waals surface area contributed by atoms with Gasteiger partial charge in [-0.2, -0.15) is 0 Å². The standard InChI is InChI=1S/C11H20N4O2S/c1-4-6-12-11-13-8-10(9-14-11)18(16,17)15(3)7-5-2/h8-9H,4-7H2,1-3H3,(H,12,13,14). The molecule has 0 saturated heterocycles. The van der Waals surface area contributed by atoms with Crippen LogP contribution in [0.15, 0.2) is 17.3 Å². The summed E-state index contributed by atoms with van der Waals surface area (Å²) in [7, 11) is -1.90. The number of anilines is 1. The maximum absolute atomic E-state index is 12.1. The first-order valence-corrected chi connectivity index (χ1v) is 7.48. The second kappa shape index (κ2) is 6.65. The number of nitrogens with zero attached hydrogens (tertiary/aromatic N) is 3. The van der Waals surface area contributed by atoms with Gasteiger partial charge in [-0.3, -0.25) is 0 Å². The summed E-state index contributed by atoms with van der Waals surface area (Å²) >= 11 is 0. The number of hydrogen-bond donors (Lipinski definition) is 1. The summed E-state index contributed by atoms with van der Waals surface area (Å²) in [6.45, 7) is 5.21. The van der Waals surface area contributed by atoms with Crippen molar-refractivity contribution >= 4 is 16.0 Å². The molecule has 0 unspecified atom stereocenters. The van der Waals surface area contributed by atoms with Gasteiger partial charge in [0.25, 0.3) is 0 Å². The highest BCUT2D eigenvalue weighted by molar-refractivity contribution is 7.89. The van der Waals surface area contributed by atoms with E-state index in [0.29, 0.717) is 12.5 Å². The summed E-state index contributed by atoms with van der Waals surface area (Å²) in [6.07, 6.45) is 4.41. The van der Waals surface area contributed by atoms with E-state index in [1.807, 2.05) is 13.8 Å². The molecule has 0 aliphatic carbocycles. The third-order valence-electron chi connectivity index (χ3n) is 2.41. The molecule has 102 valence electrons. The summed E-state index contributed by atoms with van der Waals surface area (Å²) in [5, 5.41) is 3.00. The lowest BCUT2D eigenvalue weighted by Gasteiger charge is -2.15. The van der Waals surface area contributed by atoms with Crippen LogP contribution in [-0.2, 0) is 10.0 Å². The molecule has 0 saturated carbocycles. The molecule has 1 rings (SSSR count). The molecular weight excluding hydrogens is 252 g/mol. The zero-order chi connectivity index (χ0) is 13.6. The fraction of sp³-hybridized carbons (Fsp3) is 0.636.